The lowest BCUT2D eigenvalue weighted by molar-refractivity contribution is -0.123. The van der Waals surface area contributed by atoms with Crippen LogP contribution in [-0.4, -0.2) is 22.8 Å². The van der Waals surface area contributed by atoms with Crippen LogP contribution in [0.2, 0.25) is 5.02 Å². The van der Waals surface area contributed by atoms with Gasteiger partial charge in [0.1, 0.15) is 5.82 Å². The Bertz CT molecular complexity index is 1070. The summed E-state index contributed by atoms with van der Waals surface area (Å²) in [6, 6.07) is 15.4. The number of rotatable bonds is 7. The van der Waals surface area contributed by atoms with Gasteiger partial charge in [0.25, 0.3) is 11.5 Å². The first kappa shape index (κ1) is 20.5. The van der Waals surface area contributed by atoms with Gasteiger partial charge in [-0.15, -0.1) is 0 Å². The van der Waals surface area contributed by atoms with Crippen molar-refractivity contribution in [3.05, 3.63) is 105 Å². The van der Waals surface area contributed by atoms with Gasteiger partial charge in [-0.05, 0) is 42.3 Å². The smallest absolute Gasteiger partial charge is 0.251 e. The summed E-state index contributed by atoms with van der Waals surface area (Å²) in [5.74, 6) is -1.78. The zero-order valence-corrected chi connectivity index (χ0v) is 16.1. The minimum Gasteiger partial charge on any atom is -0.354 e. The van der Waals surface area contributed by atoms with Gasteiger partial charge in [-0.25, -0.2) is 4.39 Å². The molecule has 1 aromatic heterocycles. The van der Waals surface area contributed by atoms with Crippen molar-refractivity contribution in [2.45, 2.75) is 12.5 Å². The SMILES string of the molecule is O=C(NCCc1ccccc1)C(C(=O)c1ccc(F)cc1)n1cc(Cl)ccc1=O. The first-order valence-electron chi connectivity index (χ1n) is 8.95. The molecule has 3 aromatic rings. The number of aromatic nitrogens is 1. The van der Waals surface area contributed by atoms with Gasteiger partial charge in [-0.3, -0.25) is 19.0 Å². The van der Waals surface area contributed by atoms with E-state index in [2.05, 4.69) is 5.32 Å². The Morgan fingerprint density at radius 1 is 1.00 bits per heavy atom. The number of Topliss-reactive ketones (excluding diaryl/α,β-unsaturated/α-hetero) is 1. The average molecular weight is 413 g/mol. The molecule has 2 aromatic carbocycles. The number of halogens is 2. The minimum absolute atomic E-state index is 0.112. The summed E-state index contributed by atoms with van der Waals surface area (Å²) in [5.41, 5.74) is 0.587. The fourth-order valence-corrected chi connectivity index (χ4v) is 3.06. The lowest BCUT2D eigenvalue weighted by Gasteiger charge is -2.19. The van der Waals surface area contributed by atoms with Crippen LogP contribution >= 0.6 is 11.6 Å². The fraction of sp³-hybridized carbons (Fsp3) is 0.136. The normalized spacial score (nSPS) is 11.7. The summed E-state index contributed by atoms with van der Waals surface area (Å²) in [6.45, 7) is 0.283. The summed E-state index contributed by atoms with van der Waals surface area (Å²) in [5, 5.41) is 2.91. The summed E-state index contributed by atoms with van der Waals surface area (Å²) in [7, 11) is 0. The van der Waals surface area contributed by atoms with E-state index in [1.165, 1.54) is 30.5 Å². The molecule has 7 heteroatoms. The Labute approximate surface area is 171 Å². The maximum absolute atomic E-state index is 13.2. The first-order chi connectivity index (χ1) is 14.0. The van der Waals surface area contributed by atoms with Gasteiger partial charge >= 0.3 is 0 Å². The van der Waals surface area contributed by atoms with Crippen molar-refractivity contribution in [3.8, 4) is 0 Å². The average Bonchev–Trinajstić information content (AvgIpc) is 2.72. The number of pyridine rings is 1. The Morgan fingerprint density at radius 3 is 2.38 bits per heavy atom. The van der Waals surface area contributed by atoms with E-state index in [0.29, 0.717) is 6.42 Å². The molecule has 1 heterocycles. The van der Waals surface area contributed by atoms with Crippen LogP contribution in [0.4, 0.5) is 4.39 Å². The van der Waals surface area contributed by atoms with Crippen LogP contribution in [0.3, 0.4) is 0 Å². The molecule has 0 aliphatic carbocycles. The second-order valence-corrected chi connectivity index (χ2v) is 6.83. The van der Waals surface area contributed by atoms with Crippen molar-refractivity contribution in [3.63, 3.8) is 0 Å². The number of hydrogen-bond donors (Lipinski definition) is 1. The molecule has 0 saturated carbocycles. The maximum Gasteiger partial charge on any atom is 0.251 e. The third kappa shape index (κ3) is 5.18. The van der Waals surface area contributed by atoms with Gasteiger partial charge in [-0.1, -0.05) is 41.9 Å². The van der Waals surface area contributed by atoms with Gasteiger partial charge in [0.05, 0.1) is 5.02 Å². The molecule has 0 fully saturated rings. The number of hydrogen-bond acceptors (Lipinski definition) is 3. The minimum atomic E-state index is -1.46. The quantitative estimate of drug-likeness (QED) is 0.477. The molecule has 1 unspecified atom stereocenters. The van der Waals surface area contributed by atoms with E-state index in [-0.39, 0.29) is 17.1 Å². The van der Waals surface area contributed by atoms with E-state index in [0.717, 1.165) is 22.3 Å². The van der Waals surface area contributed by atoms with Gasteiger partial charge < -0.3 is 5.32 Å². The monoisotopic (exact) mass is 412 g/mol. The molecule has 5 nitrogen and oxygen atoms in total. The van der Waals surface area contributed by atoms with Crippen LogP contribution in [-0.2, 0) is 11.2 Å². The zero-order valence-electron chi connectivity index (χ0n) is 15.3. The predicted octanol–water partition coefficient (Wildman–Crippen LogP) is 3.42. The van der Waals surface area contributed by atoms with E-state index < -0.39 is 29.1 Å². The highest BCUT2D eigenvalue weighted by Gasteiger charge is 2.30. The summed E-state index contributed by atoms with van der Waals surface area (Å²) < 4.78 is 14.2. The van der Waals surface area contributed by atoms with Crippen molar-refractivity contribution >= 4 is 23.3 Å². The number of carbonyl (C=O) groups is 2. The van der Waals surface area contributed by atoms with E-state index in [4.69, 9.17) is 11.6 Å². The molecule has 0 saturated heterocycles. The Hall–Kier alpha value is -3.25. The summed E-state index contributed by atoms with van der Waals surface area (Å²) in [6.07, 6.45) is 1.81. The zero-order chi connectivity index (χ0) is 20.8. The lowest BCUT2D eigenvalue weighted by Crippen LogP contribution is -2.41. The second-order valence-electron chi connectivity index (χ2n) is 6.39. The van der Waals surface area contributed by atoms with Gasteiger partial charge in [0, 0.05) is 24.4 Å². The molecular weight excluding hydrogens is 395 g/mol. The van der Waals surface area contributed by atoms with Crippen molar-refractivity contribution in [2.24, 2.45) is 0 Å². The molecule has 0 radical (unpaired) electrons. The standard InChI is InChI=1S/C22H18ClFN2O3/c23-17-8-11-19(27)26(14-17)20(21(28)16-6-9-18(24)10-7-16)22(29)25-13-12-15-4-2-1-3-5-15/h1-11,14,20H,12-13H2,(H,25,29). The first-order valence-corrected chi connectivity index (χ1v) is 9.32. The van der Waals surface area contributed by atoms with Crippen LogP contribution in [0.15, 0.2) is 77.7 Å². The van der Waals surface area contributed by atoms with Gasteiger partial charge in [0.15, 0.2) is 11.8 Å². The third-order valence-corrected chi connectivity index (χ3v) is 4.58. The van der Waals surface area contributed by atoms with Crippen molar-refractivity contribution in [1.82, 2.24) is 9.88 Å². The van der Waals surface area contributed by atoms with Crippen molar-refractivity contribution in [1.29, 1.82) is 0 Å². The number of nitrogens with one attached hydrogen (secondary N) is 1. The van der Waals surface area contributed by atoms with Crippen LogP contribution in [0.25, 0.3) is 0 Å². The predicted molar refractivity (Wildman–Crippen MR) is 109 cm³/mol. The number of benzene rings is 2. The van der Waals surface area contributed by atoms with E-state index in [9.17, 15) is 18.8 Å². The fourth-order valence-electron chi connectivity index (χ4n) is 2.89. The second kappa shape index (κ2) is 9.30. The largest absolute Gasteiger partial charge is 0.354 e. The third-order valence-electron chi connectivity index (χ3n) is 4.36. The van der Waals surface area contributed by atoms with Gasteiger partial charge in [0.2, 0.25) is 0 Å². The molecule has 3 rings (SSSR count). The van der Waals surface area contributed by atoms with Crippen molar-refractivity contribution < 1.29 is 14.0 Å². The molecule has 1 atom stereocenters. The molecule has 0 aliphatic rings. The molecule has 1 amide bonds. The van der Waals surface area contributed by atoms with E-state index >= 15 is 0 Å². The lowest BCUT2D eigenvalue weighted by atomic mass is 10.0. The maximum atomic E-state index is 13.2. The van der Waals surface area contributed by atoms with Crippen LogP contribution in [0, 0.1) is 5.82 Å². The van der Waals surface area contributed by atoms with Gasteiger partial charge in [-0.2, -0.15) is 0 Å². The Morgan fingerprint density at radius 2 is 1.69 bits per heavy atom. The van der Waals surface area contributed by atoms with Crippen LogP contribution < -0.4 is 10.9 Å². The Balaban J connectivity index is 1.86. The summed E-state index contributed by atoms with van der Waals surface area (Å²) in [4.78, 5) is 38.2. The highest BCUT2D eigenvalue weighted by Crippen LogP contribution is 2.16. The number of carbonyl (C=O) groups excluding carboxylic acids is 2. The number of amides is 1. The van der Waals surface area contributed by atoms with Crippen LogP contribution in [0.5, 0.6) is 0 Å². The van der Waals surface area contributed by atoms with E-state index in [1.54, 1.807) is 0 Å². The highest BCUT2D eigenvalue weighted by atomic mass is 35.5. The molecule has 0 bridgehead atoms. The topological polar surface area (TPSA) is 68.2 Å². The summed E-state index contributed by atoms with van der Waals surface area (Å²) >= 11 is 5.97. The van der Waals surface area contributed by atoms with Crippen LogP contribution in [0.1, 0.15) is 22.0 Å². The van der Waals surface area contributed by atoms with E-state index in [1.807, 2.05) is 30.3 Å². The Kier molecular flexibility index (Phi) is 6.57. The number of nitrogens with zero attached hydrogens (tertiary/aromatic N) is 1. The molecule has 29 heavy (non-hydrogen) atoms. The molecule has 0 aliphatic heterocycles. The number of ketones is 1. The van der Waals surface area contributed by atoms with Crippen molar-refractivity contribution in [2.75, 3.05) is 6.54 Å². The molecular formula is C22H18ClFN2O3. The highest BCUT2D eigenvalue weighted by molar-refractivity contribution is 6.30. The molecule has 148 valence electrons. The molecule has 1 N–H and O–H groups in total. The molecule has 0 spiro atoms.